The lowest BCUT2D eigenvalue weighted by molar-refractivity contribution is -0.143. The quantitative estimate of drug-likeness (QED) is 0.472. The number of methoxy groups -OCH3 is 1. The fraction of sp³-hybridized carbons (Fsp3) is 0.812. The average Bonchev–Trinajstić information content (AvgIpc) is 3.01. The number of carboxylic acid groups (broad SMARTS) is 1. The number of rotatable bonds is 10. The highest BCUT2D eigenvalue weighted by Gasteiger charge is 2.24. The van der Waals surface area contributed by atoms with Gasteiger partial charge in [-0.1, -0.05) is 19.3 Å². The minimum absolute atomic E-state index is 0.0516. The second-order valence-corrected chi connectivity index (χ2v) is 5.88. The Balaban J connectivity index is 2.26. The molecule has 0 aromatic carbocycles. The van der Waals surface area contributed by atoms with Gasteiger partial charge in [-0.25, -0.2) is 9.59 Å². The van der Waals surface area contributed by atoms with Crippen LogP contribution in [0.25, 0.3) is 0 Å². The minimum Gasteiger partial charge on any atom is -0.481 e. The van der Waals surface area contributed by atoms with Gasteiger partial charge in [0.25, 0.3) is 0 Å². The lowest BCUT2D eigenvalue weighted by Gasteiger charge is -2.18. The summed E-state index contributed by atoms with van der Waals surface area (Å²) in [6, 6.07) is -0.714. The lowest BCUT2D eigenvalue weighted by atomic mass is 10.1. The van der Waals surface area contributed by atoms with Crippen molar-refractivity contribution < 1.29 is 29.0 Å². The highest BCUT2D eigenvalue weighted by Crippen LogP contribution is 2.21. The van der Waals surface area contributed by atoms with Crippen molar-refractivity contribution in [3.8, 4) is 0 Å². The predicted molar refractivity (Wildman–Crippen MR) is 83.0 cm³/mol. The highest BCUT2D eigenvalue weighted by atomic mass is 16.6. The summed E-state index contributed by atoms with van der Waals surface area (Å²) in [4.78, 5) is 34.0. The van der Waals surface area contributed by atoms with Gasteiger partial charge in [-0.05, 0) is 38.5 Å². The van der Waals surface area contributed by atoms with E-state index in [0.717, 1.165) is 38.5 Å². The van der Waals surface area contributed by atoms with Crippen molar-refractivity contribution in [3.05, 3.63) is 0 Å². The standard InChI is InChI=1S/C16H27NO6/c1-22-15(20)13(10-4-2-3-5-11-14(18)19)17-16(21)23-12-8-6-7-9-12/h12-13H,2-11H2,1H3,(H,17,21)(H,18,19)/t13-/m0/s1. The molecule has 0 radical (unpaired) electrons. The molecule has 0 heterocycles. The highest BCUT2D eigenvalue weighted by molar-refractivity contribution is 5.81. The van der Waals surface area contributed by atoms with E-state index in [9.17, 15) is 14.4 Å². The van der Waals surface area contributed by atoms with Crippen LogP contribution in [-0.2, 0) is 19.1 Å². The third kappa shape index (κ3) is 8.42. The number of unbranched alkanes of at least 4 members (excludes halogenated alkanes) is 3. The van der Waals surface area contributed by atoms with Gasteiger partial charge in [-0.2, -0.15) is 0 Å². The van der Waals surface area contributed by atoms with Gasteiger partial charge >= 0.3 is 18.0 Å². The fourth-order valence-electron chi connectivity index (χ4n) is 2.70. The number of hydrogen-bond acceptors (Lipinski definition) is 5. The van der Waals surface area contributed by atoms with Gasteiger partial charge in [0.15, 0.2) is 0 Å². The molecule has 0 bridgehead atoms. The Morgan fingerprint density at radius 2 is 1.78 bits per heavy atom. The molecule has 1 aliphatic rings. The smallest absolute Gasteiger partial charge is 0.408 e. The number of alkyl carbamates (subject to hydrolysis) is 1. The Bertz CT molecular complexity index is 392. The molecule has 0 saturated heterocycles. The molecule has 7 heteroatoms. The van der Waals surface area contributed by atoms with Crippen LogP contribution in [0.3, 0.4) is 0 Å². The molecule has 1 saturated carbocycles. The Hall–Kier alpha value is -1.79. The van der Waals surface area contributed by atoms with Crippen LogP contribution < -0.4 is 5.32 Å². The van der Waals surface area contributed by atoms with Crippen LogP contribution in [-0.4, -0.2) is 42.4 Å². The minimum atomic E-state index is -0.797. The molecular weight excluding hydrogens is 302 g/mol. The molecular formula is C16H27NO6. The Morgan fingerprint density at radius 1 is 1.13 bits per heavy atom. The SMILES string of the molecule is COC(=O)[C@H](CCCCCCC(=O)O)NC(=O)OC1CCCC1. The first-order chi connectivity index (χ1) is 11.0. The normalized spacial score (nSPS) is 15.9. The van der Waals surface area contributed by atoms with Crippen LogP contribution in [0.5, 0.6) is 0 Å². The first-order valence-electron chi connectivity index (χ1n) is 8.29. The largest absolute Gasteiger partial charge is 0.481 e. The number of esters is 1. The van der Waals surface area contributed by atoms with Crippen molar-refractivity contribution in [1.82, 2.24) is 5.32 Å². The predicted octanol–water partition coefficient (Wildman–Crippen LogP) is 2.62. The fourth-order valence-corrected chi connectivity index (χ4v) is 2.70. The number of aliphatic carboxylic acids is 1. The van der Waals surface area contributed by atoms with Crippen LogP contribution in [0, 0.1) is 0 Å². The van der Waals surface area contributed by atoms with Gasteiger partial charge in [0.1, 0.15) is 12.1 Å². The van der Waals surface area contributed by atoms with Crippen LogP contribution >= 0.6 is 0 Å². The van der Waals surface area contributed by atoms with E-state index >= 15 is 0 Å². The first kappa shape index (κ1) is 19.3. The number of carbonyl (C=O) groups is 3. The molecule has 1 fully saturated rings. The molecule has 0 aliphatic heterocycles. The van der Waals surface area contributed by atoms with Crippen molar-refractivity contribution in [2.24, 2.45) is 0 Å². The van der Waals surface area contributed by atoms with Crippen molar-refractivity contribution in [1.29, 1.82) is 0 Å². The van der Waals surface area contributed by atoms with E-state index in [2.05, 4.69) is 5.32 Å². The number of carbonyl (C=O) groups excluding carboxylic acids is 2. The third-order valence-electron chi connectivity index (χ3n) is 3.99. The van der Waals surface area contributed by atoms with Gasteiger partial charge in [0, 0.05) is 6.42 Å². The third-order valence-corrected chi connectivity index (χ3v) is 3.99. The molecule has 2 N–H and O–H groups in total. The number of carboxylic acids is 1. The van der Waals surface area contributed by atoms with Gasteiger partial charge in [0.05, 0.1) is 7.11 Å². The van der Waals surface area contributed by atoms with Crippen LogP contribution in [0.15, 0.2) is 0 Å². The average molecular weight is 329 g/mol. The number of ether oxygens (including phenoxy) is 2. The van der Waals surface area contributed by atoms with E-state index in [1.165, 1.54) is 7.11 Å². The van der Waals surface area contributed by atoms with Crippen molar-refractivity contribution in [2.75, 3.05) is 7.11 Å². The first-order valence-corrected chi connectivity index (χ1v) is 8.29. The summed E-state index contributed by atoms with van der Waals surface area (Å²) < 4.78 is 9.99. The molecule has 1 aliphatic carbocycles. The van der Waals surface area contributed by atoms with Gasteiger partial charge in [-0.3, -0.25) is 4.79 Å². The second-order valence-electron chi connectivity index (χ2n) is 5.88. The number of hydrogen-bond donors (Lipinski definition) is 2. The Labute approximate surface area is 136 Å². The zero-order valence-electron chi connectivity index (χ0n) is 13.7. The zero-order valence-corrected chi connectivity index (χ0v) is 13.7. The summed E-state index contributed by atoms with van der Waals surface area (Å²) >= 11 is 0. The van der Waals surface area contributed by atoms with Crippen LogP contribution in [0.2, 0.25) is 0 Å². The van der Waals surface area contributed by atoms with E-state index in [0.29, 0.717) is 19.3 Å². The molecule has 1 rings (SSSR count). The molecule has 23 heavy (non-hydrogen) atoms. The maximum Gasteiger partial charge on any atom is 0.408 e. The summed E-state index contributed by atoms with van der Waals surface area (Å²) in [5, 5.41) is 11.1. The summed E-state index contributed by atoms with van der Waals surface area (Å²) in [6.07, 6.45) is 6.79. The second kappa shape index (κ2) is 10.9. The molecule has 1 atom stereocenters. The van der Waals surface area contributed by atoms with Crippen molar-refractivity contribution >= 4 is 18.0 Å². The maximum atomic E-state index is 11.8. The Kier molecular flexibility index (Phi) is 9.09. The summed E-state index contributed by atoms with van der Waals surface area (Å²) in [5.74, 6) is -1.28. The number of nitrogens with one attached hydrogen (secondary N) is 1. The van der Waals surface area contributed by atoms with Crippen LogP contribution in [0.1, 0.15) is 64.2 Å². The van der Waals surface area contributed by atoms with E-state index in [-0.39, 0.29) is 12.5 Å². The molecule has 132 valence electrons. The van der Waals surface area contributed by atoms with Gasteiger partial charge in [0.2, 0.25) is 0 Å². The summed E-state index contributed by atoms with van der Waals surface area (Å²) in [5.41, 5.74) is 0. The van der Waals surface area contributed by atoms with E-state index < -0.39 is 24.1 Å². The van der Waals surface area contributed by atoms with E-state index in [4.69, 9.17) is 14.6 Å². The lowest BCUT2D eigenvalue weighted by Crippen LogP contribution is -2.42. The van der Waals surface area contributed by atoms with Crippen LogP contribution in [0.4, 0.5) is 4.79 Å². The number of amides is 1. The van der Waals surface area contributed by atoms with Crippen molar-refractivity contribution in [3.63, 3.8) is 0 Å². The molecule has 7 nitrogen and oxygen atoms in total. The summed E-state index contributed by atoms with van der Waals surface area (Å²) in [6.45, 7) is 0. The monoisotopic (exact) mass is 329 g/mol. The van der Waals surface area contributed by atoms with Gasteiger partial charge in [-0.15, -0.1) is 0 Å². The topological polar surface area (TPSA) is 102 Å². The maximum absolute atomic E-state index is 11.8. The summed E-state index contributed by atoms with van der Waals surface area (Å²) in [7, 11) is 1.28. The Morgan fingerprint density at radius 3 is 2.39 bits per heavy atom. The zero-order chi connectivity index (χ0) is 17.1. The molecule has 1 amide bonds. The van der Waals surface area contributed by atoms with Crippen molar-refractivity contribution in [2.45, 2.75) is 76.4 Å². The molecule has 0 unspecified atom stereocenters. The van der Waals surface area contributed by atoms with Gasteiger partial charge < -0.3 is 19.9 Å². The molecule has 0 aromatic rings. The van der Waals surface area contributed by atoms with E-state index in [1.54, 1.807) is 0 Å². The van der Waals surface area contributed by atoms with E-state index in [1.807, 2.05) is 0 Å². The molecule has 0 aromatic heterocycles. The molecule has 0 spiro atoms.